The van der Waals surface area contributed by atoms with Gasteiger partial charge in [-0.3, -0.25) is 4.99 Å². The van der Waals surface area contributed by atoms with Gasteiger partial charge in [-0.1, -0.05) is 95.9 Å². The quantitative estimate of drug-likeness (QED) is 0.207. The van der Waals surface area contributed by atoms with Crippen LogP contribution in [-0.4, -0.2) is 20.2 Å². The van der Waals surface area contributed by atoms with Gasteiger partial charge in [-0.2, -0.15) is 0 Å². The molecule has 8 bridgehead atoms. The van der Waals surface area contributed by atoms with Crippen LogP contribution in [0.3, 0.4) is 0 Å². The van der Waals surface area contributed by atoms with Crippen molar-refractivity contribution in [2.24, 2.45) is 12.0 Å². The number of allylic oxidation sites excluding steroid dienone is 2. The third-order valence-electron chi connectivity index (χ3n) is 9.70. The van der Waals surface area contributed by atoms with Gasteiger partial charge in [0.1, 0.15) is 0 Å². The van der Waals surface area contributed by atoms with Crippen molar-refractivity contribution in [2.45, 2.75) is 113 Å². The van der Waals surface area contributed by atoms with Gasteiger partial charge in [0.05, 0.1) is 17.7 Å². The number of fused-ring (bicyclic) bond motifs is 7. The Kier molecular flexibility index (Phi) is 12.5. The number of rotatable bonds is 8. The molecule has 1 N–H and O–H groups in total. The number of hydrogen-bond donors (Lipinski definition) is 1. The minimum Gasteiger partial charge on any atom is -0.657 e. The van der Waals surface area contributed by atoms with Crippen molar-refractivity contribution in [1.29, 1.82) is 0 Å². The fraction of sp³-hybridized carbons (Fsp3) is 0.450. The molecular weight excluding hydrogens is 630 g/mol. The molecule has 0 atom stereocenters. The van der Waals surface area contributed by atoms with Gasteiger partial charge in [0.2, 0.25) is 0 Å². The zero-order chi connectivity index (χ0) is 33.0. The molecule has 0 saturated carbocycles. The van der Waals surface area contributed by atoms with Gasteiger partial charge in [0.15, 0.2) is 0 Å². The number of H-pyrrole nitrogens is 1. The normalized spacial score (nSPS) is 13.7. The summed E-state index contributed by atoms with van der Waals surface area (Å²) in [5.41, 5.74) is 18.1. The Labute approximate surface area is 294 Å². The monoisotopic (exact) mass is 680 g/mol. The van der Waals surface area contributed by atoms with Gasteiger partial charge >= 0.3 is 19.5 Å². The first-order chi connectivity index (χ1) is 22.3. The smallest absolute Gasteiger partial charge is 0.657 e. The maximum atomic E-state index is 5.33. The molecule has 7 heteroatoms. The van der Waals surface area contributed by atoms with E-state index in [1.807, 2.05) is 17.8 Å². The van der Waals surface area contributed by atoms with Crippen LogP contribution in [0.1, 0.15) is 124 Å². The molecule has 6 rings (SSSR count). The third kappa shape index (κ3) is 7.06. The largest absolute Gasteiger partial charge is 2.00 e. The van der Waals surface area contributed by atoms with Gasteiger partial charge in [0, 0.05) is 37.3 Å². The van der Waals surface area contributed by atoms with Crippen molar-refractivity contribution in [3.63, 3.8) is 0 Å². The first-order valence-electron chi connectivity index (χ1n) is 17.6. The number of aromatic nitrogens is 5. The van der Waals surface area contributed by atoms with Crippen LogP contribution in [0.2, 0.25) is 0 Å². The van der Waals surface area contributed by atoms with Crippen LogP contribution in [0.4, 0.5) is 0 Å². The van der Waals surface area contributed by atoms with Crippen molar-refractivity contribution < 1.29 is 19.5 Å². The summed E-state index contributed by atoms with van der Waals surface area (Å²) in [6.45, 7) is 18.1. The Morgan fingerprint density at radius 2 is 1.23 bits per heavy atom. The van der Waals surface area contributed by atoms with Crippen LogP contribution >= 0.6 is 0 Å². The standard InChI is InChI=1S/C36H46N4.C4H6N2.Zn/c1-9-21-22(10-2)30-18-32-25(13-5)26(14-6)34(39-32)20-36-28(16-8)27(15-7)35(40-36)19-33-24(12-4)23(11-3)31(38-33)17-29(21)37-30;1-6-3-2-5-4-6;/h17-19,39H,9-16,20H2,1-8H3;2-4H,1H3;/q-2;;+2. The zero-order valence-corrected chi connectivity index (χ0v) is 33.2. The van der Waals surface area contributed by atoms with E-state index >= 15 is 0 Å². The van der Waals surface area contributed by atoms with Crippen LogP contribution in [-0.2, 0) is 71.5 Å². The van der Waals surface area contributed by atoms with Crippen molar-refractivity contribution >= 4 is 23.9 Å². The maximum absolute atomic E-state index is 5.33. The molecule has 2 aliphatic heterocycles. The van der Waals surface area contributed by atoms with E-state index in [9.17, 15) is 0 Å². The van der Waals surface area contributed by atoms with Crippen molar-refractivity contribution in [3.05, 3.63) is 102 Å². The molecule has 0 unspecified atom stereocenters. The molecule has 4 aromatic heterocycles. The second kappa shape index (κ2) is 16.1. The Balaban J connectivity index is 0.000000643. The second-order valence-corrected chi connectivity index (χ2v) is 12.2. The molecule has 0 fully saturated rings. The van der Waals surface area contributed by atoms with Crippen LogP contribution in [0, 0.1) is 0 Å². The van der Waals surface area contributed by atoms with Crippen molar-refractivity contribution in [2.75, 3.05) is 0 Å². The number of aliphatic imine (C=N–C) groups is 1. The molecule has 47 heavy (non-hydrogen) atoms. The minimum atomic E-state index is 0. The van der Waals surface area contributed by atoms with Gasteiger partial charge < -0.3 is 19.5 Å². The van der Waals surface area contributed by atoms with Crippen LogP contribution in [0.25, 0.3) is 18.2 Å². The Hall–Kier alpha value is -3.44. The molecule has 0 aliphatic carbocycles. The van der Waals surface area contributed by atoms with E-state index in [2.05, 4.69) is 83.6 Å². The predicted molar refractivity (Wildman–Crippen MR) is 193 cm³/mol. The summed E-state index contributed by atoms with van der Waals surface area (Å²) in [4.78, 5) is 23.5. The van der Waals surface area contributed by atoms with E-state index in [1.54, 1.807) is 12.5 Å². The summed E-state index contributed by atoms with van der Waals surface area (Å²) >= 11 is 0. The number of aromatic amines is 1. The average Bonchev–Trinajstić information content (AvgIpc) is 3.87. The number of nitrogens with one attached hydrogen (secondary N) is 1. The first kappa shape index (κ1) is 36.4. The minimum absolute atomic E-state index is 0. The molecule has 0 saturated heterocycles. The van der Waals surface area contributed by atoms with Crippen molar-refractivity contribution in [3.8, 4) is 0 Å². The number of hydrogen-bond acceptors (Lipinski definition) is 2. The molecule has 0 radical (unpaired) electrons. The SMILES string of the molecule is CCC1=C(CC)C2=NC1=Cc1[n-]c(c(CC)c1CC)C=c1[n-]c(c(CC)c1CC)=Cc1[nH]c(c(CC)c1CC)C2.Cn1ccnc1.[Zn+2]. The third-order valence-corrected chi connectivity index (χ3v) is 9.70. The predicted octanol–water partition coefficient (Wildman–Crippen LogP) is 6.85. The summed E-state index contributed by atoms with van der Waals surface area (Å²) in [5, 5.41) is 2.18. The Morgan fingerprint density at radius 1 is 0.660 bits per heavy atom. The zero-order valence-electron chi connectivity index (χ0n) is 30.3. The van der Waals surface area contributed by atoms with E-state index in [0.717, 1.165) is 85.6 Å². The van der Waals surface area contributed by atoms with E-state index in [4.69, 9.17) is 15.0 Å². The summed E-state index contributed by atoms with van der Waals surface area (Å²) < 4.78 is 1.89. The molecule has 0 amide bonds. The summed E-state index contributed by atoms with van der Waals surface area (Å²) in [5.74, 6) is 0. The Morgan fingerprint density at radius 3 is 1.72 bits per heavy atom. The van der Waals surface area contributed by atoms with Crippen LogP contribution in [0.15, 0.2) is 40.6 Å². The van der Waals surface area contributed by atoms with Gasteiger partial charge in [-0.25, -0.2) is 4.98 Å². The molecule has 0 aromatic carbocycles. The number of nitrogens with zero attached hydrogens (tertiary/aromatic N) is 5. The van der Waals surface area contributed by atoms with Gasteiger partial charge in [0.25, 0.3) is 0 Å². The van der Waals surface area contributed by atoms with Crippen LogP contribution < -0.4 is 20.7 Å². The second-order valence-electron chi connectivity index (χ2n) is 12.2. The van der Waals surface area contributed by atoms with E-state index in [1.165, 1.54) is 61.6 Å². The summed E-state index contributed by atoms with van der Waals surface area (Å²) in [7, 11) is 1.94. The Bertz CT molecular complexity index is 1900. The fourth-order valence-corrected chi connectivity index (χ4v) is 7.54. The van der Waals surface area contributed by atoms with Crippen molar-refractivity contribution in [1.82, 2.24) is 24.5 Å². The molecular formula is C40H52N6Zn. The van der Waals surface area contributed by atoms with E-state index in [0.29, 0.717) is 0 Å². The maximum Gasteiger partial charge on any atom is 2.00 e. The fourth-order valence-electron chi connectivity index (χ4n) is 7.54. The summed E-state index contributed by atoms with van der Waals surface area (Å²) in [6, 6.07) is 0. The van der Waals surface area contributed by atoms with E-state index < -0.39 is 0 Å². The molecule has 6 nitrogen and oxygen atoms in total. The number of imidazole rings is 1. The molecule has 0 spiro atoms. The molecule has 244 valence electrons. The van der Waals surface area contributed by atoms with Crippen LogP contribution in [0.5, 0.6) is 0 Å². The molecule has 2 aliphatic rings. The van der Waals surface area contributed by atoms with Gasteiger partial charge in [-0.05, 0) is 73.6 Å². The summed E-state index contributed by atoms with van der Waals surface area (Å²) in [6.07, 6.45) is 20.9. The first-order valence-corrected chi connectivity index (χ1v) is 17.6. The molecule has 4 aromatic rings. The topological polar surface area (TPSA) is 74.2 Å². The number of aryl methyl sites for hydroxylation is 1. The molecule has 6 heterocycles. The van der Waals surface area contributed by atoms with E-state index in [-0.39, 0.29) is 19.5 Å². The van der Waals surface area contributed by atoms with Gasteiger partial charge in [-0.15, -0.1) is 22.1 Å². The average molecular weight is 682 g/mol.